The van der Waals surface area contributed by atoms with E-state index >= 15 is 0 Å². The van der Waals surface area contributed by atoms with E-state index < -0.39 is 5.97 Å². The topological polar surface area (TPSA) is 76.5 Å². The Balaban J connectivity index is 2.33. The summed E-state index contributed by atoms with van der Waals surface area (Å²) < 4.78 is 10.4. The molecule has 0 radical (unpaired) electrons. The Bertz CT molecular complexity index is 470. The quantitative estimate of drug-likeness (QED) is 0.831. The first-order chi connectivity index (χ1) is 7.16. The molecule has 0 saturated carbocycles. The van der Waals surface area contributed by atoms with E-state index in [1.54, 1.807) is 19.1 Å². The fraction of sp³-hybridized carbons (Fsp3) is 0.200. The molecule has 0 unspecified atom stereocenters. The average Bonchev–Trinajstić information content (AvgIpc) is 2.75. The van der Waals surface area contributed by atoms with Crippen molar-refractivity contribution in [2.75, 3.05) is 0 Å². The largest absolute Gasteiger partial charge is 0.481 e. The van der Waals surface area contributed by atoms with Crippen molar-refractivity contribution < 1.29 is 18.7 Å². The summed E-state index contributed by atoms with van der Waals surface area (Å²) in [5, 5.41) is 8.62. The van der Waals surface area contributed by atoms with Crippen LogP contribution in [-0.2, 0) is 11.2 Å². The molecule has 2 heterocycles. The molecule has 15 heavy (non-hydrogen) atoms. The first-order valence-electron chi connectivity index (χ1n) is 4.39. The molecule has 78 valence electrons. The van der Waals surface area contributed by atoms with Crippen LogP contribution in [0.25, 0.3) is 11.7 Å². The highest BCUT2D eigenvalue weighted by Gasteiger charge is 2.15. The lowest BCUT2D eigenvalue weighted by molar-refractivity contribution is -0.136. The molecule has 0 saturated heterocycles. The zero-order valence-corrected chi connectivity index (χ0v) is 8.06. The van der Waals surface area contributed by atoms with Gasteiger partial charge in [0, 0.05) is 0 Å². The average molecular weight is 207 g/mol. The first kappa shape index (κ1) is 9.51. The number of carbonyl (C=O) groups is 1. The molecule has 0 amide bonds. The Morgan fingerprint density at radius 1 is 1.60 bits per heavy atom. The number of hydrogen-bond acceptors (Lipinski definition) is 4. The molecule has 5 nitrogen and oxygen atoms in total. The summed E-state index contributed by atoms with van der Waals surface area (Å²) in [5.41, 5.74) is 0.573. The molecule has 0 bridgehead atoms. The van der Waals surface area contributed by atoms with Crippen molar-refractivity contribution in [3.05, 3.63) is 29.9 Å². The van der Waals surface area contributed by atoms with Gasteiger partial charge in [-0.3, -0.25) is 4.79 Å². The normalized spacial score (nSPS) is 10.5. The monoisotopic (exact) mass is 207 g/mol. The van der Waals surface area contributed by atoms with Gasteiger partial charge in [0.1, 0.15) is 12.2 Å². The highest BCUT2D eigenvalue weighted by atomic mass is 16.4. The molecular formula is C10H9NO4. The van der Waals surface area contributed by atoms with Crippen molar-refractivity contribution in [3.8, 4) is 11.7 Å². The molecule has 2 aromatic rings. The van der Waals surface area contributed by atoms with Gasteiger partial charge in [0.05, 0.1) is 12.0 Å². The molecule has 0 fully saturated rings. The van der Waals surface area contributed by atoms with Crippen LogP contribution in [0.5, 0.6) is 0 Å². The van der Waals surface area contributed by atoms with E-state index in [1.807, 2.05) is 0 Å². The van der Waals surface area contributed by atoms with E-state index in [4.69, 9.17) is 13.9 Å². The van der Waals surface area contributed by atoms with Crippen LogP contribution >= 0.6 is 0 Å². The second kappa shape index (κ2) is 3.61. The van der Waals surface area contributed by atoms with Gasteiger partial charge < -0.3 is 13.9 Å². The van der Waals surface area contributed by atoms with Crippen molar-refractivity contribution in [2.24, 2.45) is 0 Å². The third kappa shape index (κ3) is 1.90. The van der Waals surface area contributed by atoms with Crippen molar-refractivity contribution in [1.82, 2.24) is 4.98 Å². The number of oxazole rings is 1. The summed E-state index contributed by atoms with van der Waals surface area (Å²) in [6.07, 6.45) is 1.34. The number of hydrogen-bond donors (Lipinski definition) is 1. The maximum absolute atomic E-state index is 10.5. The summed E-state index contributed by atoms with van der Waals surface area (Å²) in [5.74, 6) is 0.220. The lowest BCUT2D eigenvalue weighted by Gasteiger charge is -1.90. The zero-order valence-electron chi connectivity index (χ0n) is 8.06. The number of carboxylic acid groups (broad SMARTS) is 1. The molecular weight excluding hydrogens is 198 g/mol. The van der Waals surface area contributed by atoms with Crippen LogP contribution in [0.4, 0.5) is 0 Å². The van der Waals surface area contributed by atoms with Crippen LogP contribution in [0, 0.1) is 6.92 Å². The van der Waals surface area contributed by atoms with Gasteiger partial charge in [-0.05, 0) is 19.1 Å². The summed E-state index contributed by atoms with van der Waals surface area (Å²) in [7, 11) is 0. The van der Waals surface area contributed by atoms with Gasteiger partial charge in [-0.15, -0.1) is 0 Å². The van der Waals surface area contributed by atoms with Crippen LogP contribution in [0.2, 0.25) is 0 Å². The minimum atomic E-state index is -0.944. The fourth-order valence-electron chi connectivity index (χ4n) is 1.24. The minimum absolute atomic E-state index is 0.167. The van der Waals surface area contributed by atoms with E-state index in [-0.39, 0.29) is 6.42 Å². The van der Waals surface area contributed by atoms with E-state index in [9.17, 15) is 4.79 Å². The predicted octanol–water partition coefficient (Wildman–Crippen LogP) is 1.87. The van der Waals surface area contributed by atoms with Gasteiger partial charge in [0.25, 0.3) is 5.89 Å². The number of aryl methyl sites for hydroxylation is 1. The standard InChI is InChI=1S/C10H9NO4/c1-6-8(5-9(12)13)15-10(11-6)7-3-2-4-14-7/h2-4H,5H2,1H3,(H,12,13). The summed E-state index contributed by atoms with van der Waals surface area (Å²) >= 11 is 0. The fourth-order valence-corrected chi connectivity index (χ4v) is 1.24. The van der Waals surface area contributed by atoms with Gasteiger partial charge in [-0.1, -0.05) is 0 Å². The van der Waals surface area contributed by atoms with Gasteiger partial charge in [0.15, 0.2) is 5.76 Å². The first-order valence-corrected chi connectivity index (χ1v) is 4.39. The Morgan fingerprint density at radius 3 is 3.00 bits per heavy atom. The third-order valence-electron chi connectivity index (χ3n) is 1.94. The van der Waals surface area contributed by atoms with E-state index in [1.165, 1.54) is 6.26 Å². The molecule has 0 atom stereocenters. The number of aromatic nitrogens is 1. The van der Waals surface area contributed by atoms with Crippen LogP contribution in [-0.4, -0.2) is 16.1 Å². The predicted molar refractivity (Wildman–Crippen MR) is 50.3 cm³/mol. The lowest BCUT2D eigenvalue weighted by Crippen LogP contribution is -1.99. The smallest absolute Gasteiger partial charge is 0.311 e. The number of carboxylic acids is 1. The van der Waals surface area contributed by atoms with Crippen molar-refractivity contribution in [1.29, 1.82) is 0 Å². The highest BCUT2D eigenvalue weighted by molar-refractivity contribution is 5.69. The van der Waals surface area contributed by atoms with Gasteiger partial charge in [-0.25, -0.2) is 4.98 Å². The molecule has 2 rings (SSSR count). The molecule has 2 aromatic heterocycles. The van der Waals surface area contributed by atoms with E-state index in [0.717, 1.165) is 0 Å². The van der Waals surface area contributed by atoms with Gasteiger partial charge >= 0.3 is 5.97 Å². The molecule has 5 heteroatoms. The Labute approximate surface area is 85.3 Å². The summed E-state index contributed by atoms with van der Waals surface area (Å²) in [6, 6.07) is 3.42. The number of aliphatic carboxylic acids is 1. The second-order valence-corrected chi connectivity index (χ2v) is 3.08. The van der Waals surface area contributed by atoms with Crippen LogP contribution < -0.4 is 0 Å². The minimum Gasteiger partial charge on any atom is -0.481 e. The highest BCUT2D eigenvalue weighted by Crippen LogP contribution is 2.22. The molecule has 0 aromatic carbocycles. The summed E-state index contributed by atoms with van der Waals surface area (Å²) in [4.78, 5) is 14.6. The van der Waals surface area contributed by atoms with Crippen LogP contribution in [0.15, 0.2) is 27.2 Å². The Kier molecular flexibility index (Phi) is 2.29. The van der Waals surface area contributed by atoms with Gasteiger partial charge in [-0.2, -0.15) is 0 Å². The maximum Gasteiger partial charge on any atom is 0.311 e. The Morgan fingerprint density at radius 2 is 2.40 bits per heavy atom. The molecule has 0 aliphatic heterocycles. The maximum atomic E-state index is 10.5. The van der Waals surface area contributed by atoms with Gasteiger partial charge in [0.2, 0.25) is 0 Å². The Hall–Kier alpha value is -2.04. The van der Waals surface area contributed by atoms with Crippen LogP contribution in [0.1, 0.15) is 11.5 Å². The van der Waals surface area contributed by atoms with Crippen molar-refractivity contribution in [2.45, 2.75) is 13.3 Å². The second-order valence-electron chi connectivity index (χ2n) is 3.08. The molecule has 0 spiro atoms. The third-order valence-corrected chi connectivity index (χ3v) is 1.94. The lowest BCUT2D eigenvalue weighted by atomic mass is 10.3. The molecule has 0 aliphatic carbocycles. The number of nitrogens with zero attached hydrogens (tertiary/aromatic N) is 1. The molecule has 0 aliphatic rings. The van der Waals surface area contributed by atoms with E-state index in [2.05, 4.69) is 4.98 Å². The zero-order chi connectivity index (χ0) is 10.8. The molecule has 1 N–H and O–H groups in total. The van der Waals surface area contributed by atoms with E-state index in [0.29, 0.717) is 23.1 Å². The summed E-state index contributed by atoms with van der Waals surface area (Å²) in [6.45, 7) is 1.70. The van der Waals surface area contributed by atoms with Crippen LogP contribution in [0.3, 0.4) is 0 Å². The van der Waals surface area contributed by atoms with Crippen molar-refractivity contribution >= 4 is 5.97 Å². The number of rotatable bonds is 3. The SMILES string of the molecule is Cc1nc(-c2ccco2)oc1CC(=O)O. The number of furan rings is 1. The van der Waals surface area contributed by atoms with Crippen molar-refractivity contribution in [3.63, 3.8) is 0 Å².